The van der Waals surface area contributed by atoms with Crippen LogP contribution in [0, 0.1) is 0 Å². The molecule has 2 aromatic rings. The summed E-state index contributed by atoms with van der Waals surface area (Å²) in [5.74, 6) is -0.119. The van der Waals surface area contributed by atoms with Crippen LogP contribution in [-0.2, 0) is 4.79 Å². The van der Waals surface area contributed by atoms with Gasteiger partial charge in [0.1, 0.15) is 11.9 Å². The van der Waals surface area contributed by atoms with Crippen LogP contribution in [0.3, 0.4) is 0 Å². The van der Waals surface area contributed by atoms with Crippen LogP contribution in [0.1, 0.15) is 21.8 Å². The Balaban J connectivity index is 2.13. The Morgan fingerprint density at radius 2 is 1.96 bits per heavy atom. The van der Waals surface area contributed by atoms with Crippen molar-refractivity contribution in [3.05, 3.63) is 54.1 Å². The summed E-state index contributed by atoms with van der Waals surface area (Å²) in [5.41, 5.74) is 1.06. The van der Waals surface area contributed by atoms with Crippen molar-refractivity contribution < 1.29 is 18.8 Å². The molecule has 0 saturated heterocycles. The molecule has 0 bridgehead atoms. The molecule has 1 aliphatic rings. The topological polar surface area (TPSA) is 53.0 Å². The molecule has 0 aliphatic carbocycles. The van der Waals surface area contributed by atoms with Gasteiger partial charge in [-0.25, -0.2) is 0 Å². The van der Waals surface area contributed by atoms with E-state index in [-0.39, 0.29) is 0 Å². The van der Waals surface area contributed by atoms with Crippen molar-refractivity contribution in [3.8, 4) is 5.75 Å². The number of carbonyl (C=O) groups excluding carboxylic acids is 1. The molecular weight excluding hydrogens is 360 g/mol. The first-order valence-electron chi connectivity index (χ1n) is 10.1. The molecule has 3 atom stereocenters. The molecule has 0 saturated carbocycles. The number of carbonyl (C=O) groups is 1. The lowest BCUT2D eigenvalue weighted by atomic mass is 10.1. The monoisotopic (exact) mass is 389 g/mol. The zero-order valence-corrected chi connectivity index (χ0v) is 16.7. The smallest absolute Gasteiger partial charge is 0.257 e. The number of benzene rings is 2. The van der Waals surface area contributed by atoms with E-state index in [4.69, 9.17) is 8.85 Å². The molecule has 6 heteroatoms. The summed E-state index contributed by atoms with van der Waals surface area (Å²) in [6, 6.07) is 12.3. The van der Waals surface area contributed by atoms with Crippen LogP contribution in [0.15, 0.2) is 53.4 Å². The first-order valence-corrected chi connectivity index (χ1v) is 9.49. The molecule has 1 aliphatic heterocycles. The van der Waals surface area contributed by atoms with Crippen LogP contribution in [0.4, 0.5) is 5.69 Å². The lowest BCUT2D eigenvalue weighted by molar-refractivity contribution is -0.126. The molecule has 1 heterocycles. The van der Waals surface area contributed by atoms with E-state index in [9.17, 15) is 9.90 Å². The third-order valence-electron chi connectivity index (χ3n) is 4.51. The Kier molecular flexibility index (Phi) is 4.93. The van der Waals surface area contributed by atoms with Gasteiger partial charge in [-0.2, -0.15) is 0 Å². The second-order valence-electron chi connectivity index (χ2n) is 6.49. The molecule has 0 spiro atoms. The molecule has 1 N–H and O–H groups in total. The summed E-state index contributed by atoms with van der Waals surface area (Å²) in [7, 11) is 4.74. The van der Waals surface area contributed by atoms with E-state index in [1.165, 1.54) is 23.6 Å². The molecule has 2 aromatic carbocycles. The number of aliphatic hydroxyl groups excluding tert-OH is 1. The van der Waals surface area contributed by atoms with Crippen molar-refractivity contribution >= 4 is 23.4 Å². The predicted molar refractivity (Wildman–Crippen MR) is 110 cm³/mol. The molecular formula is C21H26N2O3S. The highest BCUT2D eigenvalue weighted by molar-refractivity contribution is 7.99. The van der Waals surface area contributed by atoms with Crippen LogP contribution < -0.4 is 9.64 Å². The van der Waals surface area contributed by atoms with E-state index >= 15 is 0 Å². The Morgan fingerprint density at radius 1 is 1.30 bits per heavy atom. The molecule has 144 valence electrons. The first kappa shape index (κ1) is 16.0. The summed E-state index contributed by atoms with van der Waals surface area (Å²) < 4.78 is 31.3. The van der Waals surface area contributed by atoms with Crippen molar-refractivity contribution in [1.82, 2.24) is 4.90 Å². The SMILES string of the molecule is [2H]C([2H])(N1C(=O)[C@H](O)[C@H](c2ccc(OC)cc2)Sc2ccccc21)C([2H])(C)N(C)C. The Morgan fingerprint density at radius 3 is 2.59 bits per heavy atom. The number of aliphatic hydroxyl groups is 1. The van der Waals surface area contributed by atoms with Gasteiger partial charge in [0.15, 0.2) is 0 Å². The van der Waals surface area contributed by atoms with Gasteiger partial charge in [0, 0.05) is 18.8 Å². The number of amides is 1. The molecule has 5 nitrogen and oxygen atoms in total. The highest BCUT2D eigenvalue weighted by Crippen LogP contribution is 2.45. The molecule has 0 radical (unpaired) electrons. The second-order valence-corrected chi connectivity index (χ2v) is 7.67. The number of methoxy groups -OCH3 is 1. The van der Waals surface area contributed by atoms with Gasteiger partial charge in [-0.05, 0) is 50.8 Å². The van der Waals surface area contributed by atoms with E-state index in [0.717, 1.165) is 10.5 Å². The maximum atomic E-state index is 13.4. The second kappa shape index (κ2) is 8.33. The lowest BCUT2D eigenvalue weighted by Crippen LogP contribution is -2.46. The van der Waals surface area contributed by atoms with Gasteiger partial charge in [-0.15, -0.1) is 11.8 Å². The average molecular weight is 390 g/mol. The number of likely N-dealkylation sites (N-methyl/N-ethyl adjacent to an activating group) is 1. The molecule has 27 heavy (non-hydrogen) atoms. The van der Waals surface area contributed by atoms with Crippen molar-refractivity contribution in [2.45, 2.75) is 29.2 Å². The van der Waals surface area contributed by atoms with Crippen LogP contribution in [0.25, 0.3) is 0 Å². The van der Waals surface area contributed by atoms with Gasteiger partial charge in [0.25, 0.3) is 5.91 Å². The number of fused-ring (bicyclic) bond motifs is 1. The van der Waals surface area contributed by atoms with Crippen LogP contribution in [0.5, 0.6) is 5.75 Å². The first-order chi connectivity index (χ1) is 14.0. The Bertz CT molecular complexity index is 922. The van der Waals surface area contributed by atoms with E-state index < -0.39 is 29.8 Å². The normalized spacial score (nSPS) is 24.3. The van der Waals surface area contributed by atoms with Gasteiger partial charge >= 0.3 is 0 Å². The number of thioether (sulfide) groups is 1. The quantitative estimate of drug-likeness (QED) is 0.851. The third kappa shape index (κ3) is 4.13. The number of rotatable bonds is 5. The maximum absolute atomic E-state index is 13.4. The van der Waals surface area contributed by atoms with E-state index in [0.29, 0.717) is 16.3 Å². The van der Waals surface area contributed by atoms with Gasteiger partial charge in [0.2, 0.25) is 0 Å². The van der Waals surface area contributed by atoms with Crippen molar-refractivity contribution in [1.29, 1.82) is 0 Å². The Hall–Kier alpha value is -2.02. The minimum atomic E-state index is -2.42. The minimum Gasteiger partial charge on any atom is -0.497 e. The van der Waals surface area contributed by atoms with Crippen molar-refractivity contribution in [3.63, 3.8) is 0 Å². The van der Waals surface area contributed by atoms with E-state index in [2.05, 4.69) is 0 Å². The van der Waals surface area contributed by atoms with Gasteiger partial charge < -0.3 is 19.6 Å². The van der Waals surface area contributed by atoms with Gasteiger partial charge in [0.05, 0.1) is 20.8 Å². The number of nitrogens with zero attached hydrogens (tertiary/aromatic N) is 2. The van der Waals surface area contributed by atoms with Crippen LogP contribution >= 0.6 is 11.8 Å². The summed E-state index contributed by atoms with van der Waals surface area (Å²) in [6.07, 6.45) is -1.50. The zero-order valence-electron chi connectivity index (χ0n) is 18.8. The fourth-order valence-electron chi connectivity index (χ4n) is 2.74. The summed E-state index contributed by atoms with van der Waals surface area (Å²) >= 11 is 1.30. The van der Waals surface area contributed by atoms with Crippen molar-refractivity contribution in [2.75, 3.05) is 32.6 Å². The standard InChI is InChI=1S/C21H26N2O3S/c1-14(22(2)3)13-23-17-7-5-6-8-18(17)27-20(19(24)21(23)25)15-9-11-16(26-4)12-10-15/h5-12,14,19-20,24H,13H2,1-4H3/t14?,19-,20+/m1/s1/i13D2,14D. The predicted octanol–water partition coefficient (Wildman–Crippen LogP) is 3.19. The fourth-order valence-corrected chi connectivity index (χ4v) is 3.99. The zero-order chi connectivity index (χ0) is 22.3. The maximum Gasteiger partial charge on any atom is 0.257 e. The Labute approximate surface area is 169 Å². The van der Waals surface area contributed by atoms with Gasteiger partial charge in [-0.3, -0.25) is 4.79 Å². The molecule has 0 aromatic heterocycles. The number of ether oxygens (including phenoxy) is 1. The third-order valence-corrected chi connectivity index (χ3v) is 5.89. The number of hydrogen-bond acceptors (Lipinski definition) is 5. The number of anilines is 1. The molecule has 0 fully saturated rings. The van der Waals surface area contributed by atoms with E-state index in [1.54, 1.807) is 69.7 Å². The molecule has 3 rings (SSSR count). The highest BCUT2D eigenvalue weighted by atomic mass is 32.2. The highest BCUT2D eigenvalue weighted by Gasteiger charge is 2.37. The lowest BCUT2D eigenvalue weighted by Gasteiger charge is -2.30. The number of hydrogen-bond donors (Lipinski definition) is 1. The fraction of sp³-hybridized carbons (Fsp3) is 0.381. The summed E-state index contributed by atoms with van der Waals surface area (Å²) in [4.78, 5) is 16.4. The summed E-state index contributed by atoms with van der Waals surface area (Å²) in [5, 5.41) is 10.4. The summed E-state index contributed by atoms with van der Waals surface area (Å²) in [6.45, 7) is -1.01. The van der Waals surface area contributed by atoms with Gasteiger partial charge in [-0.1, -0.05) is 24.3 Å². The molecule has 1 amide bonds. The van der Waals surface area contributed by atoms with Crippen molar-refractivity contribution in [2.24, 2.45) is 0 Å². The minimum absolute atomic E-state index is 0.341. The largest absolute Gasteiger partial charge is 0.497 e. The van der Waals surface area contributed by atoms with E-state index in [1.807, 2.05) is 0 Å². The average Bonchev–Trinajstić information content (AvgIpc) is 2.82. The molecule has 1 unspecified atom stereocenters. The van der Waals surface area contributed by atoms with Crippen LogP contribution in [0.2, 0.25) is 0 Å². The number of para-hydroxylation sites is 1. The van der Waals surface area contributed by atoms with Crippen LogP contribution in [-0.4, -0.2) is 55.7 Å².